The Morgan fingerprint density at radius 2 is 2.31 bits per heavy atom. The summed E-state index contributed by atoms with van der Waals surface area (Å²) in [7, 11) is 0. The maximum atomic E-state index is 12.2. The monoisotopic (exact) mass is 239 g/mol. The van der Waals surface area contributed by atoms with Gasteiger partial charge in [0.2, 0.25) is 0 Å². The van der Waals surface area contributed by atoms with Crippen molar-refractivity contribution in [3.8, 4) is 0 Å². The van der Waals surface area contributed by atoms with Crippen LogP contribution < -0.4 is 5.32 Å². The fourth-order valence-corrected chi connectivity index (χ4v) is 2.88. The molecule has 1 fully saturated rings. The van der Waals surface area contributed by atoms with Crippen LogP contribution in [-0.2, 0) is 0 Å². The zero-order chi connectivity index (χ0) is 11.7. The third-order valence-electron chi connectivity index (χ3n) is 2.75. The number of rotatable bonds is 1. The number of nitrogens with one attached hydrogen (secondary N) is 1. The van der Waals surface area contributed by atoms with Gasteiger partial charge in [0, 0.05) is 25.7 Å². The lowest BCUT2D eigenvalue weighted by atomic mass is 10.2. The van der Waals surface area contributed by atoms with Crippen molar-refractivity contribution in [1.29, 1.82) is 0 Å². The van der Waals surface area contributed by atoms with E-state index in [1.807, 2.05) is 18.7 Å². The average molecular weight is 239 g/mol. The van der Waals surface area contributed by atoms with Gasteiger partial charge in [-0.3, -0.25) is 4.79 Å². The molecule has 1 amide bonds. The Morgan fingerprint density at radius 3 is 2.88 bits per heavy atom. The molecule has 88 valence electrons. The first-order valence-corrected chi connectivity index (χ1v) is 6.36. The maximum absolute atomic E-state index is 12.2. The maximum Gasteiger partial charge on any atom is 0.265 e. The smallest absolute Gasteiger partial charge is 0.265 e. The number of thiazole rings is 1. The summed E-state index contributed by atoms with van der Waals surface area (Å²) in [5.41, 5.74) is 0.860. The summed E-state index contributed by atoms with van der Waals surface area (Å²) in [6.45, 7) is 8.40. The molecule has 0 saturated carbocycles. The van der Waals surface area contributed by atoms with Crippen LogP contribution in [0.2, 0.25) is 0 Å². The molecule has 0 spiro atoms. The lowest BCUT2D eigenvalue weighted by molar-refractivity contribution is 0.0713. The number of hydrogen-bond donors (Lipinski definition) is 1. The third kappa shape index (κ3) is 2.25. The minimum absolute atomic E-state index is 0.136. The number of amides is 1. The Hall–Kier alpha value is -0.940. The largest absolute Gasteiger partial charge is 0.335 e. The topological polar surface area (TPSA) is 45.2 Å². The number of nitrogens with zero attached hydrogens (tertiary/aromatic N) is 2. The minimum Gasteiger partial charge on any atom is -0.335 e. The highest BCUT2D eigenvalue weighted by atomic mass is 32.1. The predicted octanol–water partition coefficient (Wildman–Crippen LogP) is 1.19. The van der Waals surface area contributed by atoms with Gasteiger partial charge in [-0.1, -0.05) is 0 Å². The summed E-state index contributed by atoms with van der Waals surface area (Å²) >= 11 is 1.49. The van der Waals surface area contributed by atoms with Crippen molar-refractivity contribution in [2.24, 2.45) is 0 Å². The molecular weight excluding hydrogens is 222 g/mol. The Balaban J connectivity index is 2.15. The van der Waals surface area contributed by atoms with Crippen molar-refractivity contribution in [2.45, 2.75) is 26.8 Å². The first-order valence-electron chi connectivity index (χ1n) is 5.54. The molecule has 1 saturated heterocycles. The second-order valence-corrected chi connectivity index (χ2v) is 5.46. The third-order valence-corrected chi connectivity index (χ3v) is 3.81. The second kappa shape index (κ2) is 4.51. The number of hydrogen-bond acceptors (Lipinski definition) is 4. The molecule has 1 aromatic rings. The van der Waals surface area contributed by atoms with Crippen LogP contribution >= 0.6 is 11.3 Å². The summed E-state index contributed by atoms with van der Waals surface area (Å²) < 4.78 is 0. The van der Waals surface area contributed by atoms with E-state index in [0.29, 0.717) is 6.04 Å². The van der Waals surface area contributed by atoms with Gasteiger partial charge in [-0.25, -0.2) is 4.98 Å². The van der Waals surface area contributed by atoms with E-state index in [2.05, 4.69) is 17.2 Å². The highest BCUT2D eigenvalue weighted by molar-refractivity contribution is 7.13. The SMILES string of the molecule is Cc1nc(C)c(C(=O)N2CCN[C@H](C)C2)s1. The van der Waals surface area contributed by atoms with Crippen molar-refractivity contribution >= 4 is 17.2 Å². The summed E-state index contributed by atoms with van der Waals surface area (Å²) in [5.74, 6) is 0.136. The van der Waals surface area contributed by atoms with E-state index in [4.69, 9.17) is 0 Å². The Morgan fingerprint density at radius 1 is 1.56 bits per heavy atom. The van der Waals surface area contributed by atoms with Crippen molar-refractivity contribution in [1.82, 2.24) is 15.2 Å². The zero-order valence-corrected chi connectivity index (χ0v) is 10.7. The fraction of sp³-hybridized carbons (Fsp3) is 0.636. The molecule has 1 atom stereocenters. The molecule has 0 radical (unpaired) electrons. The Labute approximate surface area is 99.7 Å². The standard InChI is InChI=1S/C11H17N3OS/c1-7-6-14(5-4-12-7)11(15)10-8(2)13-9(3)16-10/h7,12H,4-6H2,1-3H3/t7-/m1/s1. The summed E-state index contributed by atoms with van der Waals surface area (Å²) in [6.07, 6.45) is 0. The minimum atomic E-state index is 0.136. The van der Waals surface area contributed by atoms with Crippen molar-refractivity contribution in [3.63, 3.8) is 0 Å². The molecule has 0 bridgehead atoms. The first-order chi connectivity index (χ1) is 7.58. The van der Waals surface area contributed by atoms with Crippen molar-refractivity contribution < 1.29 is 4.79 Å². The highest BCUT2D eigenvalue weighted by Gasteiger charge is 2.24. The van der Waals surface area contributed by atoms with E-state index < -0.39 is 0 Å². The molecule has 1 N–H and O–H groups in total. The van der Waals surface area contributed by atoms with Crippen LogP contribution in [0, 0.1) is 13.8 Å². The van der Waals surface area contributed by atoms with Gasteiger partial charge in [0.1, 0.15) is 4.88 Å². The Bertz CT molecular complexity index is 402. The normalized spacial score (nSPS) is 21.2. The number of carbonyl (C=O) groups excluding carboxylic acids is 1. The van der Waals surface area contributed by atoms with Crippen LogP contribution in [0.4, 0.5) is 0 Å². The first kappa shape index (κ1) is 11.5. The number of aryl methyl sites for hydroxylation is 2. The summed E-state index contributed by atoms with van der Waals surface area (Å²) in [6, 6.07) is 0.382. The molecule has 16 heavy (non-hydrogen) atoms. The molecule has 2 heterocycles. The van der Waals surface area contributed by atoms with Gasteiger partial charge in [-0.15, -0.1) is 11.3 Å². The fourth-order valence-electron chi connectivity index (χ4n) is 1.99. The van der Waals surface area contributed by atoms with Crippen LogP contribution in [0.15, 0.2) is 0 Å². The number of carbonyl (C=O) groups is 1. The van der Waals surface area contributed by atoms with E-state index in [1.54, 1.807) is 0 Å². The molecule has 1 aromatic heterocycles. The van der Waals surface area contributed by atoms with Gasteiger partial charge in [0.05, 0.1) is 10.7 Å². The molecule has 0 aliphatic carbocycles. The van der Waals surface area contributed by atoms with E-state index >= 15 is 0 Å². The molecule has 1 aliphatic heterocycles. The van der Waals surface area contributed by atoms with Crippen LogP contribution in [0.3, 0.4) is 0 Å². The number of aromatic nitrogens is 1. The average Bonchev–Trinajstić information content (AvgIpc) is 2.57. The van der Waals surface area contributed by atoms with Crippen LogP contribution in [-0.4, -0.2) is 41.5 Å². The highest BCUT2D eigenvalue weighted by Crippen LogP contribution is 2.19. The predicted molar refractivity (Wildman–Crippen MR) is 65.0 cm³/mol. The quantitative estimate of drug-likeness (QED) is 0.801. The van der Waals surface area contributed by atoms with Crippen molar-refractivity contribution in [3.05, 3.63) is 15.6 Å². The molecule has 5 heteroatoms. The van der Waals surface area contributed by atoms with Gasteiger partial charge in [0.25, 0.3) is 5.91 Å². The summed E-state index contributed by atoms with van der Waals surface area (Å²) in [5, 5.41) is 4.29. The van der Waals surface area contributed by atoms with Crippen LogP contribution in [0.5, 0.6) is 0 Å². The van der Waals surface area contributed by atoms with Gasteiger partial charge < -0.3 is 10.2 Å². The van der Waals surface area contributed by atoms with E-state index in [-0.39, 0.29) is 5.91 Å². The molecular formula is C11H17N3OS. The second-order valence-electron chi connectivity index (χ2n) is 4.25. The van der Waals surface area contributed by atoms with E-state index in [1.165, 1.54) is 11.3 Å². The van der Waals surface area contributed by atoms with E-state index in [0.717, 1.165) is 35.2 Å². The molecule has 2 rings (SSSR count). The molecule has 0 unspecified atom stereocenters. The molecule has 1 aliphatic rings. The van der Waals surface area contributed by atoms with Crippen LogP contribution in [0.1, 0.15) is 27.3 Å². The lowest BCUT2D eigenvalue weighted by Crippen LogP contribution is -2.51. The molecule has 4 nitrogen and oxygen atoms in total. The van der Waals surface area contributed by atoms with Gasteiger partial charge in [-0.05, 0) is 20.8 Å². The molecule has 0 aromatic carbocycles. The van der Waals surface area contributed by atoms with E-state index in [9.17, 15) is 4.79 Å². The van der Waals surface area contributed by atoms with Crippen molar-refractivity contribution in [2.75, 3.05) is 19.6 Å². The van der Waals surface area contributed by atoms with Gasteiger partial charge in [-0.2, -0.15) is 0 Å². The zero-order valence-electron chi connectivity index (χ0n) is 9.91. The van der Waals surface area contributed by atoms with Gasteiger partial charge in [0.15, 0.2) is 0 Å². The lowest BCUT2D eigenvalue weighted by Gasteiger charge is -2.31. The number of piperazine rings is 1. The van der Waals surface area contributed by atoms with Crippen LogP contribution in [0.25, 0.3) is 0 Å². The van der Waals surface area contributed by atoms with Gasteiger partial charge >= 0.3 is 0 Å². The Kier molecular flexibility index (Phi) is 3.25. The summed E-state index contributed by atoms with van der Waals surface area (Å²) in [4.78, 5) is 19.3.